The van der Waals surface area contributed by atoms with Crippen LogP contribution in [0.25, 0.3) is 0 Å². The number of nitrogens with one attached hydrogen (secondary N) is 1. The normalized spacial score (nSPS) is 25.7. The zero-order chi connectivity index (χ0) is 15.9. The van der Waals surface area contributed by atoms with E-state index in [-0.39, 0.29) is 23.7 Å². The fourth-order valence-electron chi connectivity index (χ4n) is 3.57. The second kappa shape index (κ2) is 8.47. The van der Waals surface area contributed by atoms with Gasteiger partial charge in [-0.25, -0.2) is 0 Å². The second-order valence-corrected chi connectivity index (χ2v) is 7.59. The SMILES string of the molecule is CCCNCC(C)(CCC)CN1CC(CO)OC(C)(C)C1. The zero-order valence-corrected chi connectivity index (χ0v) is 14.7. The molecule has 0 spiro atoms. The number of ether oxygens (including phenoxy) is 1. The molecule has 0 amide bonds. The average Bonchev–Trinajstić information content (AvgIpc) is 2.37. The van der Waals surface area contributed by atoms with Crippen LogP contribution in [0.3, 0.4) is 0 Å². The summed E-state index contributed by atoms with van der Waals surface area (Å²) >= 11 is 0. The van der Waals surface area contributed by atoms with Crippen LogP contribution in [0.4, 0.5) is 0 Å². The molecule has 0 aliphatic carbocycles. The number of aliphatic hydroxyl groups is 1. The van der Waals surface area contributed by atoms with Gasteiger partial charge in [-0.15, -0.1) is 0 Å². The summed E-state index contributed by atoms with van der Waals surface area (Å²) in [6.45, 7) is 16.2. The van der Waals surface area contributed by atoms with Crippen LogP contribution in [0, 0.1) is 5.41 Å². The van der Waals surface area contributed by atoms with E-state index in [9.17, 15) is 5.11 Å². The minimum atomic E-state index is -0.171. The molecule has 21 heavy (non-hydrogen) atoms. The molecule has 1 aliphatic rings. The smallest absolute Gasteiger partial charge is 0.0940 e. The summed E-state index contributed by atoms with van der Waals surface area (Å²) in [4.78, 5) is 2.48. The summed E-state index contributed by atoms with van der Waals surface area (Å²) < 4.78 is 5.92. The van der Waals surface area contributed by atoms with Gasteiger partial charge in [0.1, 0.15) is 0 Å². The van der Waals surface area contributed by atoms with Gasteiger partial charge in [0.2, 0.25) is 0 Å². The summed E-state index contributed by atoms with van der Waals surface area (Å²) in [5.74, 6) is 0. The van der Waals surface area contributed by atoms with Crippen molar-refractivity contribution in [2.75, 3.05) is 39.3 Å². The third-order valence-electron chi connectivity index (χ3n) is 4.19. The fourth-order valence-corrected chi connectivity index (χ4v) is 3.57. The molecule has 0 saturated carbocycles. The summed E-state index contributed by atoms with van der Waals surface area (Å²) in [6, 6.07) is 0. The number of morpholine rings is 1. The van der Waals surface area contributed by atoms with Gasteiger partial charge in [-0.3, -0.25) is 4.90 Å². The summed E-state index contributed by atoms with van der Waals surface area (Å²) in [5.41, 5.74) is 0.118. The van der Waals surface area contributed by atoms with Gasteiger partial charge in [-0.2, -0.15) is 0 Å². The lowest BCUT2D eigenvalue weighted by molar-refractivity contribution is -0.153. The van der Waals surface area contributed by atoms with Gasteiger partial charge in [0.25, 0.3) is 0 Å². The molecule has 1 fully saturated rings. The molecular formula is C17H36N2O2. The first-order valence-electron chi connectivity index (χ1n) is 8.56. The molecule has 126 valence electrons. The molecular weight excluding hydrogens is 264 g/mol. The van der Waals surface area contributed by atoms with E-state index in [1.165, 1.54) is 19.3 Å². The van der Waals surface area contributed by atoms with E-state index < -0.39 is 0 Å². The predicted molar refractivity (Wildman–Crippen MR) is 88.7 cm³/mol. The lowest BCUT2D eigenvalue weighted by Gasteiger charge is -2.45. The second-order valence-electron chi connectivity index (χ2n) is 7.59. The molecule has 0 aromatic rings. The molecule has 1 heterocycles. The van der Waals surface area contributed by atoms with Gasteiger partial charge in [0, 0.05) is 26.2 Å². The van der Waals surface area contributed by atoms with Crippen molar-refractivity contribution >= 4 is 0 Å². The lowest BCUT2D eigenvalue weighted by atomic mass is 9.84. The van der Waals surface area contributed by atoms with Crippen LogP contribution < -0.4 is 5.32 Å². The topological polar surface area (TPSA) is 44.7 Å². The molecule has 4 nitrogen and oxygen atoms in total. The predicted octanol–water partition coefficient (Wildman–Crippen LogP) is 2.26. The molecule has 0 radical (unpaired) electrons. The minimum absolute atomic E-state index is 0.0526. The molecule has 2 unspecified atom stereocenters. The Kier molecular flexibility index (Phi) is 7.62. The van der Waals surface area contributed by atoms with Crippen molar-refractivity contribution in [3.05, 3.63) is 0 Å². The van der Waals surface area contributed by atoms with Crippen molar-refractivity contribution in [3.63, 3.8) is 0 Å². The van der Waals surface area contributed by atoms with E-state index in [2.05, 4.69) is 44.8 Å². The van der Waals surface area contributed by atoms with E-state index in [4.69, 9.17) is 4.74 Å². The maximum atomic E-state index is 9.45. The average molecular weight is 300 g/mol. The standard InChI is InChI=1S/C17H36N2O2/c1-6-8-17(5,12-18-9-7-2)14-19-10-15(11-20)21-16(3,4)13-19/h15,18,20H,6-14H2,1-5H3. The van der Waals surface area contributed by atoms with Gasteiger partial charge >= 0.3 is 0 Å². The molecule has 2 N–H and O–H groups in total. The van der Waals surface area contributed by atoms with Gasteiger partial charge in [0.05, 0.1) is 18.3 Å². The van der Waals surface area contributed by atoms with Crippen LogP contribution in [0.15, 0.2) is 0 Å². The van der Waals surface area contributed by atoms with Crippen molar-refractivity contribution in [1.82, 2.24) is 10.2 Å². The first-order chi connectivity index (χ1) is 9.84. The van der Waals surface area contributed by atoms with E-state index in [0.717, 1.165) is 32.7 Å². The Bertz CT molecular complexity index is 297. The minimum Gasteiger partial charge on any atom is -0.394 e. The molecule has 1 rings (SSSR count). The van der Waals surface area contributed by atoms with Crippen LogP contribution in [-0.4, -0.2) is 61.0 Å². The maximum absolute atomic E-state index is 9.45. The third-order valence-corrected chi connectivity index (χ3v) is 4.19. The quantitative estimate of drug-likeness (QED) is 0.641. The lowest BCUT2D eigenvalue weighted by Crippen LogP contribution is -2.56. The molecule has 0 bridgehead atoms. The van der Waals surface area contributed by atoms with E-state index in [1.54, 1.807) is 0 Å². The van der Waals surface area contributed by atoms with Crippen molar-refractivity contribution < 1.29 is 9.84 Å². The third kappa shape index (κ3) is 6.64. The Morgan fingerprint density at radius 1 is 1.33 bits per heavy atom. The van der Waals surface area contributed by atoms with Gasteiger partial charge in [-0.05, 0) is 38.6 Å². The van der Waals surface area contributed by atoms with Crippen molar-refractivity contribution in [2.45, 2.75) is 65.6 Å². The highest BCUT2D eigenvalue weighted by atomic mass is 16.5. The number of nitrogens with zero attached hydrogens (tertiary/aromatic N) is 1. The number of hydrogen-bond acceptors (Lipinski definition) is 4. The first kappa shape index (κ1) is 18.9. The van der Waals surface area contributed by atoms with Crippen molar-refractivity contribution in [2.24, 2.45) is 5.41 Å². The van der Waals surface area contributed by atoms with Crippen LogP contribution >= 0.6 is 0 Å². The Labute approximate surface area is 131 Å². The Hall–Kier alpha value is -0.160. The number of rotatable bonds is 9. The summed E-state index contributed by atoms with van der Waals surface area (Å²) in [5, 5.41) is 13.0. The van der Waals surface area contributed by atoms with Crippen LogP contribution in [-0.2, 0) is 4.74 Å². The summed E-state index contributed by atoms with van der Waals surface area (Å²) in [7, 11) is 0. The highest BCUT2D eigenvalue weighted by molar-refractivity contribution is 4.88. The van der Waals surface area contributed by atoms with Crippen LogP contribution in [0.2, 0.25) is 0 Å². The molecule has 2 atom stereocenters. The van der Waals surface area contributed by atoms with E-state index >= 15 is 0 Å². The first-order valence-corrected chi connectivity index (χ1v) is 8.56. The molecule has 1 aliphatic heterocycles. The van der Waals surface area contributed by atoms with E-state index in [1.807, 2.05) is 0 Å². The Morgan fingerprint density at radius 3 is 2.62 bits per heavy atom. The molecule has 1 saturated heterocycles. The van der Waals surface area contributed by atoms with Crippen LogP contribution in [0.5, 0.6) is 0 Å². The largest absolute Gasteiger partial charge is 0.394 e. The van der Waals surface area contributed by atoms with Gasteiger partial charge in [0.15, 0.2) is 0 Å². The van der Waals surface area contributed by atoms with Crippen molar-refractivity contribution in [1.29, 1.82) is 0 Å². The number of hydrogen-bond donors (Lipinski definition) is 2. The van der Waals surface area contributed by atoms with Crippen LogP contribution in [0.1, 0.15) is 53.9 Å². The Balaban J connectivity index is 2.63. The van der Waals surface area contributed by atoms with E-state index in [0.29, 0.717) is 0 Å². The van der Waals surface area contributed by atoms with Gasteiger partial charge in [-0.1, -0.05) is 27.2 Å². The molecule has 0 aromatic heterocycles. The highest BCUT2D eigenvalue weighted by Crippen LogP contribution is 2.28. The number of aliphatic hydroxyl groups excluding tert-OH is 1. The fraction of sp³-hybridized carbons (Fsp3) is 1.00. The Morgan fingerprint density at radius 2 is 2.05 bits per heavy atom. The van der Waals surface area contributed by atoms with Gasteiger partial charge < -0.3 is 15.2 Å². The highest BCUT2D eigenvalue weighted by Gasteiger charge is 2.36. The maximum Gasteiger partial charge on any atom is 0.0940 e. The molecule has 4 heteroatoms. The van der Waals surface area contributed by atoms with Crippen molar-refractivity contribution in [3.8, 4) is 0 Å². The molecule has 0 aromatic carbocycles. The monoisotopic (exact) mass is 300 g/mol. The zero-order valence-electron chi connectivity index (χ0n) is 14.7. The summed E-state index contributed by atoms with van der Waals surface area (Å²) in [6.07, 6.45) is 3.56.